The summed E-state index contributed by atoms with van der Waals surface area (Å²) in [5.41, 5.74) is 3.58. The van der Waals surface area contributed by atoms with E-state index in [1.165, 1.54) is 16.4 Å². The number of hydrogen-bond donors (Lipinski definition) is 2. The van der Waals surface area contributed by atoms with Gasteiger partial charge < -0.3 is 14.7 Å². The predicted molar refractivity (Wildman–Crippen MR) is 141 cm³/mol. The van der Waals surface area contributed by atoms with Crippen LogP contribution in [-0.2, 0) is 16.6 Å². The zero-order valence-corrected chi connectivity index (χ0v) is 21.7. The van der Waals surface area contributed by atoms with Crippen LogP contribution in [0.3, 0.4) is 0 Å². The molecule has 10 nitrogen and oxygen atoms in total. The van der Waals surface area contributed by atoms with E-state index in [4.69, 9.17) is 21.1 Å². The first-order chi connectivity index (χ1) is 17.9. The summed E-state index contributed by atoms with van der Waals surface area (Å²) in [5, 5.41) is 17.8. The number of halogens is 1. The number of benzene rings is 1. The fourth-order valence-electron chi connectivity index (χ4n) is 4.53. The molecule has 191 valence electrons. The van der Waals surface area contributed by atoms with E-state index in [2.05, 4.69) is 15.4 Å². The van der Waals surface area contributed by atoms with Crippen molar-refractivity contribution in [2.75, 3.05) is 18.4 Å². The van der Waals surface area contributed by atoms with Crippen molar-refractivity contribution in [3.8, 4) is 11.5 Å². The van der Waals surface area contributed by atoms with Gasteiger partial charge in [-0.2, -0.15) is 13.9 Å². The van der Waals surface area contributed by atoms with Crippen LogP contribution in [0, 0.1) is 0 Å². The average molecular weight is 540 g/mol. The first-order valence-corrected chi connectivity index (χ1v) is 13.6. The van der Waals surface area contributed by atoms with Crippen LogP contribution in [0.5, 0.6) is 11.5 Å². The fourth-order valence-corrected chi connectivity index (χ4v) is 6.31. The summed E-state index contributed by atoms with van der Waals surface area (Å²) in [4.78, 5) is 8.92. The molecule has 0 aliphatic carbocycles. The largest absolute Gasteiger partial charge is 0.508 e. The van der Waals surface area contributed by atoms with E-state index in [9.17, 15) is 13.5 Å². The Morgan fingerprint density at radius 2 is 2.03 bits per heavy atom. The molecule has 2 N–H and O–H groups in total. The number of pyridine rings is 1. The van der Waals surface area contributed by atoms with E-state index in [-0.39, 0.29) is 22.3 Å². The molecule has 0 atom stereocenters. The number of hydrogen-bond acceptors (Lipinski definition) is 8. The summed E-state index contributed by atoms with van der Waals surface area (Å²) >= 11 is 5.48. The number of sulfonamides is 1. The number of fused-ring (bicyclic) bond motifs is 1. The first-order valence-electron chi connectivity index (χ1n) is 11.8. The van der Waals surface area contributed by atoms with Crippen LogP contribution in [0.4, 0.5) is 5.82 Å². The normalized spacial score (nSPS) is 15.1. The lowest BCUT2D eigenvalue weighted by molar-refractivity contribution is 0.316. The van der Waals surface area contributed by atoms with Gasteiger partial charge >= 0.3 is 0 Å². The third-order valence-corrected chi connectivity index (χ3v) is 8.61. The van der Waals surface area contributed by atoms with Crippen LogP contribution in [0.25, 0.3) is 5.65 Å². The second-order valence-corrected chi connectivity index (χ2v) is 10.9. The molecule has 4 heterocycles. The molecule has 4 aromatic rings. The third kappa shape index (κ3) is 5.09. The monoisotopic (exact) mass is 539 g/mol. The molecule has 1 aliphatic rings. The van der Waals surface area contributed by atoms with Crippen molar-refractivity contribution >= 4 is 46.1 Å². The predicted octanol–water partition coefficient (Wildman–Crippen LogP) is 2.92. The molecular formula is C24H25BClN6O4S. The van der Waals surface area contributed by atoms with Crippen LogP contribution in [0.2, 0.25) is 6.82 Å². The second kappa shape index (κ2) is 10.6. The summed E-state index contributed by atoms with van der Waals surface area (Å²) < 4.78 is 34.5. The van der Waals surface area contributed by atoms with Gasteiger partial charge in [-0.25, -0.2) is 13.4 Å². The van der Waals surface area contributed by atoms with Gasteiger partial charge in [-0.05, 0) is 42.1 Å². The van der Waals surface area contributed by atoms with Gasteiger partial charge in [0.15, 0.2) is 18.7 Å². The lowest BCUT2D eigenvalue weighted by Crippen LogP contribution is -2.38. The quantitative estimate of drug-likeness (QED) is 0.328. The number of nitrogens with zero attached hydrogens (tertiary/aromatic N) is 5. The fraction of sp³-hybridized carbons (Fsp3) is 0.292. The minimum atomic E-state index is -3.91. The molecule has 0 unspecified atom stereocenters. The minimum Gasteiger partial charge on any atom is -0.508 e. The molecule has 1 aliphatic heterocycles. The van der Waals surface area contributed by atoms with Gasteiger partial charge in [0.1, 0.15) is 28.3 Å². The Labute approximate surface area is 220 Å². The highest BCUT2D eigenvalue weighted by atomic mass is 35.5. The van der Waals surface area contributed by atoms with Crippen molar-refractivity contribution in [3.63, 3.8) is 0 Å². The SMILES string of the molecule is C[B]c1cnn2c(NCc3cccnc3)cc(C3CCN(S(=O)(=O)c4cc(O)ccc4OCl)CC3)nc12. The van der Waals surface area contributed by atoms with Gasteiger partial charge in [0.05, 0.1) is 0 Å². The molecule has 0 amide bonds. The number of nitrogens with one attached hydrogen (secondary N) is 1. The van der Waals surface area contributed by atoms with Crippen LogP contribution < -0.4 is 15.1 Å². The second-order valence-electron chi connectivity index (χ2n) is 8.79. The molecule has 13 heteroatoms. The molecule has 1 radical (unpaired) electrons. The van der Waals surface area contributed by atoms with Crippen molar-refractivity contribution in [2.45, 2.75) is 37.0 Å². The van der Waals surface area contributed by atoms with E-state index in [0.29, 0.717) is 32.5 Å². The zero-order valence-electron chi connectivity index (χ0n) is 20.1. The average Bonchev–Trinajstić information content (AvgIpc) is 3.35. The van der Waals surface area contributed by atoms with Gasteiger partial charge in [-0.1, -0.05) is 12.9 Å². The van der Waals surface area contributed by atoms with E-state index < -0.39 is 10.0 Å². The Kier molecular flexibility index (Phi) is 7.23. The van der Waals surface area contributed by atoms with Gasteiger partial charge in [0.25, 0.3) is 0 Å². The molecule has 37 heavy (non-hydrogen) atoms. The summed E-state index contributed by atoms with van der Waals surface area (Å²) in [7, 11) is -1.95. The highest BCUT2D eigenvalue weighted by Crippen LogP contribution is 2.35. The molecule has 5 rings (SSSR count). The number of piperidine rings is 1. The maximum Gasteiger partial charge on any atom is 0.246 e. The van der Waals surface area contributed by atoms with E-state index in [1.807, 2.05) is 38.5 Å². The van der Waals surface area contributed by atoms with Crippen LogP contribution >= 0.6 is 11.9 Å². The zero-order chi connectivity index (χ0) is 26.0. The summed E-state index contributed by atoms with van der Waals surface area (Å²) in [6.07, 6.45) is 6.49. The van der Waals surface area contributed by atoms with E-state index >= 15 is 0 Å². The summed E-state index contributed by atoms with van der Waals surface area (Å²) in [6.45, 7) is 3.10. The van der Waals surface area contributed by atoms with Crippen molar-refractivity contribution in [3.05, 3.63) is 66.2 Å². The van der Waals surface area contributed by atoms with Crippen molar-refractivity contribution < 1.29 is 17.8 Å². The highest BCUT2D eigenvalue weighted by molar-refractivity contribution is 7.89. The van der Waals surface area contributed by atoms with Gasteiger partial charge in [0.2, 0.25) is 10.0 Å². The highest BCUT2D eigenvalue weighted by Gasteiger charge is 2.33. The Balaban J connectivity index is 1.39. The number of anilines is 1. The number of phenols is 1. The van der Waals surface area contributed by atoms with Crippen LogP contribution in [0.15, 0.2) is 59.9 Å². The van der Waals surface area contributed by atoms with Crippen LogP contribution in [0.1, 0.15) is 30.0 Å². The lowest BCUT2D eigenvalue weighted by atomic mass is 9.75. The summed E-state index contributed by atoms with van der Waals surface area (Å²) in [5.74, 6) is 0.653. The molecule has 0 bridgehead atoms. The van der Waals surface area contributed by atoms with Crippen molar-refractivity contribution in [1.82, 2.24) is 23.9 Å². The molecule has 0 spiro atoms. The van der Waals surface area contributed by atoms with Gasteiger partial charge in [0, 0.05) is 62.0 Å². The molecule has 0 saturated carbocycles. The first kappa shape index (κ1) is 25.3. The molecular weight excluding hydrogens is 515 g/mol. The number of rotatable bonds is 8. The van der Waals surface area contributed by atoms with Crippen molar-refractivity contribution in [1.29, 1.82) is 0 Å². The third-order valence-electron chi connectivity index (χ3n) is 6.53. The standard InChI is InChI=1S/C24H25BClN6O4S/c1-25-19-15-29-32-23(28-14-16-3-2-8-27-13-16)12-20(30-24(19)32)17-6-9-31(10-7-17)37(34,35)22-11-18(33)4-5-21(22)36-26/h2-5,8,11-13,15,17,28,33H,6-7,9-10,14H2,1H3. The topological polar surface area (TPSA) is 122 Å². The molecule has 3 aromatic heterocycles. The number of aromatic nitrogens is 4. The Bertz CT molecular complexity index is 1510. The number of phenolic OH excluding ortho intramolecular Hbond substituents is 1. The Hall–Kier alpha value is -3.35. The summed E-state index contributed by atoms with van der Waals surface area (Å²) in [6, 6.07) is 9.68. The molecule has 1 fully saturated rings. The maximum atomic E-state index is 13.3. The Morgan fingerprint density at radius 3 is 2.73 bits per heavy atom. The van der Waals surface area contributed by atoms with Gasteiger partial charge in [-0.15, -0.1) is 0 Å². The van der Waals surface area contributed by atoms with Gasteiger partial charge in [-0.3, -0.25) is 4.98 Å². The van der Waals surface area contributed by atoms with Crippen LogP contribution in [-0.4, -0.2) is 57.8 Å². The minimum absolute atomic E-state index is 0.0258. The number of aromatic hydroxyl groups is 1. The molecule has 1 aromatic carbocycles. The van der Waals surface area contributed by atoms with E-state index in [0.717, 1.165) is 34.3 Å². The lowest BCUT2D eigenvalue weighted by Gasteiger charge is -2.31. The molecule has 1 saturated heterocycles. The van der Waals surface area contributed by atoms with E-state index in [1.54, 1.807) is 16.9 Å². The smallest absolute Gasteiger partial charge is 0.246 e. The van der Waals surface area contributed by atoms with Crippen molar-refractivity contribution in [2.24, 2.45) is 0 Å². The Morgan fingerprint density at radius 1 is 1.22 bits per heavy atom. The maximum absolute atomic E-state index is 13.3.